The van der Waals surface area contributed by atoms with Crippen LogP contribution in [0.1, 0.15) is 0 Å². The van der Waals surface area contributed by atoms with Gasteiger partial charge in [0.2, 0.25) is 0 Å². The van der Waals surface area contributed by atoms with E-state index in [0.717, 1.165) is 0 Å². The van der Waals surface area contributed by atoms with Crippen molar-refractivity contribution < 1.29 is 57.7 Å². The van der Waals surface area contributed by atoms with E-state index in [4.69, 9.17) is 0 Å². The van der Waals surface area contributed by atoms with Gasteiger partial charge in [-0.05, 0) is 0 Å². The zero-order chi connectivity index (χ0) is 0. The third-order valence-corrected chi connectivity index (χ3v) is 0. The van der Waals surface area contributed by atoms with Gasteiger partial charge >= 0.3 is 23.9 Å². The van der Waals surface area contributed by atoms with Gasteiger partial charge < -0.3 is 0 Å². The molecule has 0 bridgehead atoms. The molecular formula is H2NiSnTiZn. The molecule has 0 fully saturated rings. The van der Waals surface area contributed by atoms with E-state index in [1.54, 1.807) is 0 Å². The zero-order valence-electron chi connectivity index (χ0n) is 2.23. The van der Waals surface area contributed by atoms with Gasteiger partial charge in [-0.15, -0.1) is 0 Å². The molecule has 22 valence electrons. The predicted octanol–water partition coefficient (Wildman–Crippen LogP) is -0.924. The van der Waals surface area contributed by atoms with Crippen molar-refractivity contribution in [3.05, 3.63) is 0 Å². The SMILES string of the molecule is [Ni].[SnH2].[Ti].[Zn]. The summed E-state index contributed by atoms with van der Waals surface area (Å²) in [7, 11) is 0. The molecule has 0 N–H and O–H groups in total. The molecule has 0 unspecified atom stereocenters. The van der Waals surface area contributed by atoms with Crippen LogP contribution in [0.15, 0.2) is 0 Å². The molecule has 0 aliphatic rings. The van der Waals surface area contributed by atoms with Crippen molar-refractivity contribution in [3.8, 4) is 0 Å². The standard InChI is InChI=1S/Ni.Sn.Ti.Zn.2H. The molecule has 0 aromatic rings. The first-order valence-corrected chi connectivity index (χ1v) is 0. The molecule has 0 heterocycles. The van der Waals surface area contributed by atoms with Crippen LogP contribution in [-0.4, -0.2) is 23.9 Å². The van der Waals surface area contributed by atoms with Crippen LogP contribution in [0.4, 0.5) is 0 Å². The molecule has 0 aliphatic carbocycles. The van der Waals surface area contributed by atoms with E-state index >= 15 is 0 Å². The first kappa shape index (κ1) is 30.4. The molecule has 0 spiro atoms. The number of hydrogen-bond donors (Lipinski definition) is 0. The van der Waals surface area contributed by atoms with Crippen LogP contribution in [0.25, 0.3) is 0 Å². The molecule has 4 heteroatoms. The average Bonchev–Trinajstić information content (AvgIpc) is 0. The predicted molar refractivity (Wildman–Crippen MR) is 8.54 cm³/mol. The van der Waals surface area contributed by atoms with Crippen LogP contribution in [0.3, 0.4) is 0 Å². The Balaban J connectivity index is 0. The van der Waals surface area contributed by atoms with E-state index in [0.29, 0.717) is 0 Å². The van der Waals surface area contributed by atoms with E-state index in [1.165, 1.54) is 0 Å². The Morgan fingerprint density at radius 2 is 1.00 bits per heavy atom. The minimum Gasteiger partial charge on any atom is 0 e. The van der Waals surface area contributed by atoms with Crippen LogP contribution in [-0.2, 0) is 57.7 Å². The minimum atomic E-state index is 0. The number of rotatable bonds is 0. The summed E-state index contributed by atoms with van der Waals surface area (Å²) in [5, 5.41) is 0. The third-order valence-electron chi connectivity index (χ3n) is 0. The fourth-order valence-corrected chi connectivity index (χ4v) is 0. The summed E-state index contributed by atoms with van der Waals surface area (Å²) in [5.41, 5.74) is 0. The maximum absolute atomic E-state index is 0. The smallest absolute Gasteiger partial charge is 0 e. The van der Waals surface area contributed by atoms with Gasteiger partial charge in [-0.2, -0.15) is 0 Å². The fraction of sp³-hybridized carbons (Fsp3) is 0. The maximum atomic E-state index is 0. The molecule has 0 rings (SSSR count). The monoisotopic (exact) mass is 292 g/mol. The van der Waals surface area contributed by atoms with Gasteiger partial charge in [0, 0.05) is 57.7 Å². The van der Waals surface area contributed by atoms with Gasteiger partial charge in [0.25, 0.3) is 0 Å². The van der Waals surface area contributed by atoms with E-state index in [1.807, 2.05) is 0 Å². The summed E-state index contributed by atoms with van der Waals surface area (Å²) in [6.07, 6.45) is 0. The first-order chi connectivity index (χ1) is 0. The van der Waals surface area contributed by atoms with Crippen molar-refractivity contribution in [2.45, 2.75) is 0 Å². The second kappa shape index (κ2) is 17.4. The summed E-state index contributed by atoms with van der Waals surface area (Å²) in [6.45, 7) is 0. The van der Waals surface area contributed by atoms with E-state index in [-0.39, 0.29) is 81.6 Å². The van der Waals surface area contributed by atoms with Crippen LogP contribution < -0.4 is 0 Å². The summed E-state index contributed by atoms with van der Waals surface area (Å²) in [6, 6.07) is 0. The third kappa shape index (κ3) is 8.82. The molecule has 0 saturated carbocycles. The quantitative estimate of drug-likeness (QED) is 0.507. The molecule has 0 amide bonds. The average molecular weight is 293 g/mol. The van der Waals surface area contributed by atoms with Crippen molar-refractivity contribution in [2.24, 2.45) is 0 Å². The van der Waals surface area contributed by atoms with Crippen LogP contribution in [0.2, 0.25) is 0 Å². The molecule has 0 saturated heterocycles. The van der Waals surface area contributed by atoms with E-state index in [9.17, 15) is 0 Å². The molecule has 0 aromatic heterocycles. The van der Waals surface area contributed by atoms with E-state index in [2.05, 4.69) is 0 Å². The maximum Gasteiger partial charge on any atom is 0 e. The molecule has 0 aromatic carbocycles. The van der Waals surface area contributed by atoms with Crippen LogP contribution >= 0.6 is 0 Å². The fourth-order valence-electron chi connectivity index (χ4n) is 0. The zero-order valence-corrected chi connectivity index (χ0v) is 11.8. The molecule has 0 atom stereocenters. The second-order valence-electron chi connectivity index (χ2n) is 0. The Morgan fingerprint density at radius 3 is 1.00 bits per heavy atom. The first-order valence-electron chi connectivity index (χ1n) is 0. The molecular weight excluding hydrogens is 291 g/mol. The van der Waals surface area contributed by atoms with Crippen molar-refractivity contribution in [1.29, 1.82) is 0 Å². The molecule has 0 nitrogen and oxygen atoms in total. The van der Waals surface area contributed by atoms with Crippen molar-refractivity contribution >= 4 is 23.9 Å². The normalized spacial score (nSPS) is 0. The summed E-state index contributed by atoms with van der Waals surface area (Å²) in [5.74, 6) is 0. The van der Waals surface area contributed by atoms with Crippen LogP contribution in [0, 0.1) is 0 Å². The van der Waals surface area contributed by atoms with Gasteiger partial charge in [-0.1, -0.05) is 0 Å². The van der Waals surface area contributed by atoms with Gasteiger partial charge in [0.05, 0.1) is 0 Å². The Morgan fingerprint density at radius 1 is 1.00 bits per heavy atom. The second-order valence-corrected chi connectivity index (χ2v) is 0. The van der Waals surface area contributed by atoms with Gasteiger partial charge in [-0.25, -0.2) is 0 Å². The van der Waals surface area contributed by atoms with E-state index < -0.39 is 0 Å². The Labute approximate surface area is 80.4 Å². The van der Waals surface area contributed by atoms with Gasteiger partial charge in [0.15, 0.2) is 0 Å². The van der Waals surface area contributed by atoms with Crippen molar-refractivity contribution in [1.82, 2.24) is 0 Å². The van der Waals surface area contributed by atoms with Crippen LogP contribution in [0.5, 0.6) is 0 Å². The largest absolute Gasteiger partial charge is 0 e. The summed E-state index contributed by atoms with van der Waals surface area (Å²) in [4.78, 5) is 0. The Kier molecular flexibility index (Phi) is 133. The van der Waals surface area contributed by atoms with Gasteiger partial charge in [-0.3, -0.25) is 0 Å². The topological polar surface area (TPSA) is 0 Å². The van der Waals surface area contributed by atoms with Crippen molar-refractivity contribution in [2.75, 3.05) is 0 Å². The Bertz CT molecular complexity index is 8.00. The summed E-state index contributed by atoms with van der Waals surface area (Å²) < 4.78 is 0. The molecule has 2 radical (unpaired) electrons. The van der Waals surface area contributed by atoms with Crippen molar-refractivity contribution in [3.63, 3.8) is 0 Å². The number of hydrogen-bond acceptors (Lipinski definition) is 0. The molecule has 0 aliphatic heterocycles. The molecule has 4 heavy (non-hydrogen) atoms. The summed E-state index contributed by atoms with van der Waals surface area (Å²) >= 11 is 0. The minimum absolute atomic E-state index is 0. The van der Waals surface area contributed by atoms with Gasteiger partial charge in [0.1, 0.15) is 0 Å². The Hall–Kier alpha value is 2.63.